The van der Waals surface area contributed by atoms with Crippen molar-refractivity contribution in [2.75, 3.05) is 13.2 Å². The number of hydrogen-bond acceptors (Lipinski definition) is 2. The summed E-state index contributed by atoms with van der Waals surface area (Å²) in [7, 11) is 0. The molecular weight excluding hydrogens is 138 g/mol. The number of nitrogens with two attached hydrogens (primary N) is 1. The molecule has 0 aromatic heterocycles. The fourth-order valence-corrected chi connectivity index (χ4v) is 1.03. The SMILES string of the molecule is CCCC(C)COC[C@@H](C)N. The van der Waals surface area contributed by atoms with Crippen molar-refractivity contribution in [3.8, 4) is 0 Å². The van der Waals surface area contributed by atoms with E-state index in [1.807, 2.05) is 6.92 Å². The Bertz CT molecular complexity index is 83.6. The predicted molar refractivity (Wildman–Crippen MR) is 48.5 cm³/mol. The van der Waals surface area contributed by atoms with Gasteiger partial charge in [-0.05, 0) is 19.3 Å². The van der Waals surface area contributed by atoms with Crippen LogP contribution in [0.4, 0.5) is 0 Å². The van der Waals surface area contributed by atoms with Gasteiger partial charge in [0, 0.05) is 12.6 Å². The third-order valence-corrected chi connectivity index (χ3v) is 1.56. The zero-order chi connectivity index (χ0) is 8.69. The first-order valence-corrected chi connectivity index (χ1v) is 4.50. The van der Waals surface area contributed by atoms with Crippen LogP contribution in [-0.4, -0.2) is 19.3 Å². The van der Waals surface area contributed by atoms with E-state index in [1.54, 1.807) is 0 Å². The van der Waals surface area contributed by atoms with E-state index in [0.29, 0.717) is 12.5 Å². The average molecular weight is 159 g/mol. The molecule has 0 aromatic carbocycles. The van der Waals surface area contributed by atoms with Gasteiger partial charge in [-0.1, -0.05) is 20.3 Å². The second-order valence-corrected chi connectivity index (χ2v) is 3.41. The zero-order valence-corrected chi connectivity index (χ0v) is 7.97. The van der Waals surface area contributed by atoms with E-state index in [4.69, 9.17) is 10.5 Å². The summed E-state index contributed by atoms with van der Waals surface area (Å²) >= 11 is 0. The van der Waals surface area contributed by atoms with E-state index < -0.39 is 0 Å². The van der Waals surface area contributed by atoms with Gasteiger partial charge in [0.25, 0.3) is 0 Å². The molecule has 2 atom stereocenters. The summed E-state index contributed by atoms with van der Waals surface area (Å²) in [6.45, 7) is 7.92. The van der Waals surface area contributed by atoms with Gasteiger partial charge in [0.05, 0.1) is 6.61 Å². The molecule has 0 aliphatic rings. The minimum Gasteiger partial charge on any atom is -0.380 e. The first kappa shape index (κ1) is 10.9. The maximum Gasteiger partial charge on any atom is 0.0614 e. The first-order chi connectivity index (χ1) is 5.16. The molecule has 0 radical (unpaired) electrons. The maximum absolute atomic E-state index is 5.53. The monoisotopic (exact) mass is 159 g/mol. The lowest BCUT2D eigenvalue weighted by Crippen LogP contribution is -2.23. The molecular formula is C9H21NO. The quantitative estimate of drug-likeness (QED) is 0.641. The Kier molecular flexibility index (Phi) is 6.57. The van der Waals surface area contributed by atoms with Crippen LogP contribution in [0.2, 0.25) is 0 Å². The van der Waals surface area contributed by atoms with Gasteiger partial charge in [-0.2, -0.15) is 0 Å². The van der Waals surface area contributed by atoms with E-state index in [-0.39, 0.29) is 6.04 Å². The molecule has 0 rings (SSSR count). The Balaban J connectivity index is 3.10. The summed E-state index contributed by atoms with van der Waals surface area (Å²) in [5, 5.41) is 0. The minimum absolute atomic E-state index is 0.170. The highest BCUT2D eigenvalue weighted by Crippen LogP contribution is 2.04. The molecule has 2 N–H and O–H groups in total. The highest BCUT2D eigenvalue weighted by Gasteiger charge is 2.00. The Morgan fingerprint density at radius 2 is 1.91 bits per heavy atom. The topological polar surface area (TPSA) is 35.2 Å². The van der Waals surface area contributed by atoms with Crippen molar-refractivity contribution in [3.05, 3.63) is 0 Å². The van der Waals surface area contributed by atoms with Crippen LogP contribution in [0.25, 0.3) is 0 Å². The second-order valence-electron chi connectivity index (χ2n) is 3.41. The third kappa shape index (κ3) is 7.82. The molecule has 11 heavy (non-hydrogen) atoms. The molecule has 0 spiro atoms. The van der Waals surface area contributed by atoms with Crippen LogP contribution in [0, 0.1) is 5.92 Å². The van der Waals surface area contributed by atoms with E-state index in [9.17, 15) is 0 Å². The lowest BCUT2D eigenvalue weighted by molar-refractivity contribution is 0.0939. The van der Waals surface area contributed by atoms with Gasteiger partial charge in [0.2, 0.25) is 0 Å². The normalized spacial score (nSPS) is 16.4. The van der Waals surface area contributed by atoms with Crippen molar-refractivity contribution >= 4 is 0 Å². The van der Waals surface area contributed by atoms with E-state index in [0.717, 1.165) is 6.61 Å². The molecule has 0 saturated carbocycles. The molecule has 0 aromatic rings. The van der Waals surface area contributed by atoms with Gasteiger partial charge in [0.15, 0.2) is 0 Å². The van der Waals surface area contributed by atoms with Crippen molar-refractivity contribution in [2.45, 2.75) is 39.7 Å². The van der Waals surface area contributed by atoms with Crippen LogP contribution in [-0.2, 0) is 4.74 Å². The van der Waals surface area contributed by atoms with E-state index in [2.05, 4.69) is 13.8 Å². The lowest BCUT2D eigenvalue weighted by atomic mass is 10.1. The number of ether oxygens (including phenoxy) is 1. The molecule has 2 nitrogen and oxygen atoms in total. The maximum atomic E-state index is 5.53. The van der Waals surface area contributed by atoms with Crippen LogP contribution in [0.5, 0.6) is 0 Å². The summed E-state index contributed by atoms with van der Waals surface area (Å²) in [6, 6.07) is 0.170. The fraction of sp³-hybridized carbons (Fsp3) is 1.00. The highest BCUT2D eigenvalue weighted by molar-refractivity contribution is 4.52. The molecule has 0 aliphatic heterocycles. The molecule has 2 heteroatoms. The Labute approximate surface area is 70.1 Å². The van der Waals surface area contributed by atoms with Crippen LogP contribution in [0.15, 0.2) is 0 Å². The molecule has 0 amide bonds. The summed E-state index contributed by atoms with van der Waals surface area (Å²) in [5.74, 6) is 0.679. The minimum atomic E-state index is 0.170. The molecule has 0 aliphatic carbocycles. The summed E-state index contributed by atoms with van der Waals surface area (Å²) in [6.07, 6.45) is 2.49. The zero-order valence-electron chi connectivity index (χ0n) is 7.97. The van der Waals surface area contributed by atoms with Gasteiger partial charge in [-0.15, -0.1) is 0 Å². The smallest absolute Gasteiger partial charge is 0.0614 e. The van der Waals surface area contributed by atoms with Gasteiger partial charge in [0.1, 0.15) is 0 Å². The van der Waals surface area contributed by atoms with E-state index >= 15 is 0 Å². The Morgan fingerprint density at radius 3 is 2.36 bits per heavy atom. The fourth-order valence-electron chi connectivity index (χ4n) is 1.03. The van der Waals surface area contributed by atoms with Crippen molar-refractivity contribution in [1.29, 1.82) is 0 Å². The number of rotatable bonds is 6. The Morgan fingerprint density at radius 1 is 1.27 bits per heavy atom. The lowest BCUT2D eigenvalue weighted by Gasteiger charge is -2.11. The van der Waals surface area contributed by atoms with Gasteiger partial charge >= 0.3 is 0 Å². The van der Waals surface area contributed by atoms with Crippen molar-refractivity contribution < 1.29 is 4.74 Å². The number of hydrogen-bond donors (Lipinski definition) is 1. The first-order valence-electron chi connectivity index (χ1n) is 4.50. The predicted octanol–water partition coefficient (Wildman–Crippen LogP) is 1.79. The molecule has 0 heterocycles. The second kappa shape index (κ2) is 6.62. The molecule has 0 bridgehead atoms. The van der Waals surface area contributed by atoms with E-state index in [1.165, 1.54) is 12.8 Å². The van der Waals surface area contributed by atoms with Crippen molar-refractivity contribution in [1.82, 2.24) is 0 Å². The van der Waals surface area contributed by atoms with Crippen LogP contribution in [0.1, 0.15) is 33.6 Å². The standard InChI is InChI=1S/C9H21NO/c1-4-5-8(2)6-11-7-9(3)10/h8-9H,4-7,10H2,1-3H3/t8?,9-/m1/s1. The molecule has 0 saturated heterocycles. The summed E-state index contributed by atoms with van der Waals surface area (Å²) < 4.78 is 5.38. The van der Waals surface area contributed by atoms with Crippen LogP contribution in [0.3, 0.4) is 0 Å². The Hall–Kier alpha value is -0.0800. The largest absolute Gasteiger partial charge is 0.380 e. The summed E-state index contributed by atoms with van der Waals surface area (Å²) in [5.41, 5.74) is 5.53. The van der Waals surface area contributed by atoms with Crippen molar-refractivity contribution in [3.63, 3.8) is 0 Å². The third-order valence-electron chi connectivity index (χ3n) is 1.56. The molecule has 1 unspecified atom stereocenters. The summed E-state index contributed by atoms with van der Waals surface area (Å²) in [4.78, 5) is 0. The van der Waals surface area contributed by atoms with Gasteiger partial charge < -0.3 is 10.5 Å². The molecule has 0 fully saturated rings. The molecule has 68 valence electrons. The highest BCUT2D eigenvalue weighted by atomic mass is 16.5. The van der Waals surface area contributed by atoms with Crippen LogP contribution < -0.4 is 5.73 Å². The van der Waals surface area contributed by atoms with Gasteiger partial charge in [-0.25, -0.2) is 0 Å². The van der Waals surface area contributed by atoms with Crippen LogP contribution >= 0.6 is 0 Å². The van der Waals surface area contributed by atoms with Crippen molar-refractivity contribution in [2.24, 2.45) is 11.7 Å². The van der Waals surface area contributed by atoms with Gasteiger partial charge in [-0.3, -0.25) is 0 Å². The average Bonchev–Trinajstić information content (AvgIpc) is 1.87.